The lowest BCUT2D eigenvalue weighted by atomic mass is 9.98. The van der Waals surface area contributed by atoms with Crippen molar-refractivity contribution in [3.05, 3.63) is 35.6 Å². The summed E-state index contributed by atoms with van der Waals surface area (Å²) in [5.41, 5.74) is 0.562. The maximum atomic E-state index is 13.3. The Morgan fingerprint density at radius 2 is 1.92 bits per heavy atom. The van der Waals surface area contributed by atoms with E-state index in [0.717, 1.165) is 0 Å². The molecular weight excluding hydrogens is 327 g/mol. The number of methoxy groups -OCH3 is 1. The highest BCUT2D eigenvalue weighted by Gasteiger charge is 2.30. The van der Waals surface area contributed by atoms with Gasteiger partial charge in [-0.3, -0.25) is 9.59 Å². The Balaban J connectivity index is 2.94. The van der Waals surface area contributed by atoms with Gasteiger partial charge in [0, 0.05) is 13.3 Å². The lowest BCUT2D eigenvalue weighted by Gasteiger charge is -2.25. The summed E-state index contributed by atoms with van der Waals surface area (Å²) in [5, 5.41) is 5.18. The minimum Gasteiger partial charge on any atom is -0.467 e. The van der Waals surface area contributed by atoms with Crippen molar-refractivity contribution < 1.29 is 23.5 Å². The molecule has 25 heavy (non-hydrogen) atoms. The van der Waals surface area contributed by atoms with Gasteiger partial charge in [-0.05, 0) is 23.6 Å². The maximum Gasteiger partial charge on any atom is 0.328 e. The van der Waals surface area contributed by atoms with Gasteiger partial charge in [-0.15, -0.1) is 0 Å². The van der Waals surface area contributed by atoms with E-state index < -0.39 is 35.7 Å². The van der Waals surface area contributed by atoms with Crippen molar-refractivity contribution in [2.45, 2.75) is 45.7 Å². The number of ether oxygens (including phenoxy) is 1. The van der Waals surface area contributed by atoms with E-state index in [0.29, 0.717) is 12.0 Å². The van der Waals surface area contributed by atoms with Gasteiger partial charge in [0.2, 0.25) is 11.8 Å². The SMILES string of the molecule is CC[C@@H](C)[C@H](NC(=O)[C@H](Cc1cccc(F)c1)NC(C)=O)C(=O)OC. The van der Waals surface area contributed by atoms with Crippen LogP contribution in [0.15, 0.2) is 24.3 Å². The molecule has 0 aliphatic carbocycles. The maximum absolute atomic E-state index is 13.3. The molecule has 6 nitrogen and oxygen atoms in total. The van der Waals surface area contributed by atoms with Gasteiger partial charge in [0.1, 0.15) is 17.9 Å². The Morgan fingerprint density at radius 3 is 2.44 bits per heavy atom. The first-order valence-corrected chi connectivity index (χ1v) is 8.18. The minimum absolute atomic E-state index is 0.109. The van der Waals surface area contributed by atoms with Crippen LogP contribution in [-0.4, -0.2) is 37.0 Å². The largest absolute Gasteiger partial charge is 0.467 e. The summed E-state index contributed by atoms with van der Waals surface area (Å²) in [6.45, 7) is 5.00. The van der Waals surface area contributed by atoms with Crippen molar-refractivity contribution in [3.63, 3.8) is 0 Å². The van der Waals surface area contributed by atoms with E-state index in [2.05, 4.69) is 10.6 Å². The summed E-state index contributed by atoms with van der Waals surface area (Å²) in [6.07, 6.45) is 0.770. The van der Waals surface area contributed by atoms with Crippen molar-refractivity contribution in [1.29, 1.82) is 0 Å². The van der Waals surface area contributed by atoms with Crippen LogP contribution in [-0.2, 0) is 25.5 Å². The quantitative estimate of drug-likeness (QED) is 0.696. The van der Waals surface area contributed by atoms with Gasteiger partial charge in [0.15, 0.2) is 0 Å². The summed E-state index contributed by atoms with van der Waals surface area (Å²) in [5.74, 6) is -2.02. The van der Waals surface area contributed by atoms with Crippen LogP contribution in [0.25, 0.3) is 0 Å². The second kappa shape index (κ2) is 9.76. The predicted molar refractivity (Wildman–Crippen MR) is 91.1 cm³/mol. The average Bonchev–Trinajstić information content (AvgIpc) is 2.57. The lowest BCUT2D eigenvalue weighted by molar-refractivity contribution is -0.146. The number of carbonyl (C=O) groups is 3. The topological polar surface area (TPSA) is 84.5 Å². The predicted octanol–water partition coefficient (Wildman–Crippen LogP) is 1.58. The number of amides is 2. The van der Waals surface area contributed by atoms with Gasteiger partial charge in [-0.25, -0.2) is 9.18 Å². The molecule has 0 aliphatic rings. The summed E-state index contributed by atoms with van der Waals surface area (Å²) < 4.78 is 18.1. The molecule has 1 aromatic carbocycles. The number of hydrogen-bond donors (Lipinski definition) is 2. The molecule has 0 unspecified atom stereocenters. The van der Waals surface area contributed by atoms with E-state index in [1.165, 1.54) is 32.2 Å². The fourth-order valence-corrected chi connectivity index (χ4v) is 2.40. The van der Waals surface area contributed by atoms with Crippen LogP contribution in [0, 0.1) is 11.7 Å². The van der Waals surface area contributed by atoms with Crippen LogP contribution >= 0.6 is 0 Å². The van der Waals surface area contributed by atoms with E-state index in [1.807, 2.05) is 13.8 Å². The molecule has 0 bridgehead atoms. The zero-order chi connectivity index (χ0) is 19.0. The Bertz CT molecular complexity index is 621. The van der Waals surface area contributed by atoms with Crippen LogP contribution in [0.3, 0.4) is 0 Å². The van der Waals surface area contributed by atoms with Crippen LogP contribution in [0.5, 0.6) is 0 Å². The smallest absolute Gasteiger partial charge is 0.328 e. The van der Waals surface area contributed by atoms with Gasteiger partial charge in [0.25, 0.3) is 0 Å². The second-order valence-electron chi connectivity index (χ2n) is 5.98. The van der Waals surface area contributed by atoms with E-state index in [4.69, 9.17) is 4.74 Å². The second-order valence-corrected chi connectivity index (χ2v) is 5.98. The molecule has 0 heterocycles. The van der Waals surface area contributed by atoms with Gasteiger partial charge in [-0.1, -0.05) is 32.4 Å². The van der Waals surface area contributed by atoms with Crippen LogP contribution in [0.4, 0.5) is 4.39 Å². The molecule has 0 fully saturated rings. The third-order valence-corrected chi connectivity index (χ3v) is 3.99. The molecule has 2 N–H and O–H groups in total. The molecule has 0 aromatic heterocycles. The highest BCUT2D eigenvalue weighted by atomic mass is 19.1. The first kappa shape index (κ1) is 20.6. The molecule has 0 saturated heterocycles. The first-order chi connectivity index (χ1) is 11.8. The van der Waals surface area contributed by atoms with Crippen molar-refractivity contribution in [1.82, 2.24) is 10.6 Å². The van der Waals surface area contributed by atoms with Crippen molar-refractivity contribution in [2.75, 3.05) is 7.11 Å². The molecule has 0 aliphatic heterocycles. The Morgan fingerprint density at radius 1 is 1.24 bits per heavy atom. The fraction of sp³-hybridized carbons (Fsp3) is 0.500. The molecule has 1 aromatic rings. The molecule has 2 amide bonds. The van der Waals surface area contributed by atoms with E-state index in [9.17, 15) is 18.8 Å². The lowest BCUT2D eigenvalue weighted by Crippen LogP contribution is -2.54. The molecule has 0 saturated carbocycles. The minimum atomic E-state index is -0.921. The van der Waals surface area contributed by atoms with Crippen LogP contribution in [0.2, 0.25) is 0 Å². The summed E-state index contributed by atoms with van der Waals surface area (Å²) in [6, 6.07) is 4.06. The van der Waals surface area contributed by atoms with E-state index in [1.54, 1.807) is 6.07 Å². The average molecular weight is 352 g/mol. The van der Waals surface area contributed by atoms with E-state index >= 15 is 0 Å². The highest BCUT2D eigenvalue weighted by molar-refractivity contribution is 5.90. The third-order valence-electron chi connectivity index (χ3n) is 3.99. The van der Waals surface area contributed by atoms with Crippen LogP contribution in [0.1, 0.15) is 32.8 Å². The van der Waals surface area contributed by atoms with Gasteiger partial charge < -0.3 is 15.4 Å². The van der Waals surface area contributed by atoms with Crippen molar-refractivity contribution >= 4 is 17.8 Å². The fourth-order valence-electron chi connectivity index (χ4n) is 2.40. The molecule has 7 heteroatoms. The standard InChI is InChI=1S/C18H25FN2O4/c1-5-11(2)16(18(24)25-4)21-17(23)15(20-12(3)22)10-13-7-6-8-14(19)9-13/h6-9,11,15-16H,5,10H2,1-4H3,(H,20,22)(H,21,23)/t11-,15+,16+/m1/s1. The number of esters is 1. The number of carbonyl (C=O) groups excluding carboxylic acids is 3. The molecular formula is C18H25FN2O4. The molecule has 3 atom stereocenters. The zero-order valence-corrected chi connectivity index (χ0v) is 15.0. The van der Waals surface area contributed by atoms with Crippen molar-refractivity contribution in [3.8, 4) is 0 Å². The number of rotatable bonds is 8. The van der Waals surface area contributed by atoms with Crippen molar-refractivity contribution in [2.24, 2.45) is 5.92 Å². The van der Waals surface area contributed by atoms with Gasteiger partial charge in [-0.2, -0.15) is 0 Å². The Labute approximate surface area is 147 Å². The van der Waals surface area contributed by atoms with Crippen LogP contribution < -0.4 is 10.6 Å². The van der Waals surface area contributed by atoms with Gasteiger partial charge in [0.05, 0.1) is 7.11 Å². The summed E-state index contributed by atoms with van der Waals surface area (Å²) in [7, 11) is 1.25. The normalized spacial score (nSPS) is 14.1. The molecule has 0 spiro atoms. The number of benzene rings is 1. The monoisotopic (exact) mass is 352 g/mol. The highest BCUT2D eigenvalue weighted by Crippen LogP contribution is 2.11. The third kappa shape index (κ3) is 6.52. The number of hydrogen-bond acceptors (Lipinski definition) is 4. The number of nitrogens with one attached hydrogen (secondary N) is 2. The van der Waals surface area contributed by atoms with Gasteiger partial charge >= 0.3 is 5.97 Å². The van der Waals surface area contributed by atoms with E-state index in [-0.39, 0.29) is 12.3 Å². The molecule has 0 radical (unpaired) electrons. The number of halogens is 1. The summed E-state index contributed by atoms with van der Waals surface area (Å²) in [4.78, 5) is 35.9. The Hall–Kier alpha value is -2.44. The molecule has 1 rings (SSSR count). The molecule has 138 valence electrons. The first-order valence-electron chi connectivity index (χ1n) is 8.18. The zero-order valence-electron chi connectivity index (χ0n) is 15.0. The summed E-state index contributed by atoms with van der Waals surface area (Å²) >= 11 is 0. The Kier molecular flexibility index (Phi) is 8.04.